The normalized spacial score (nSPS) is 10.6. The van der Waals surface area contributed by atoms with E-state index in [2.05, 4.69) is 38.9 Å². The molecule has 0 saturated heterocycles. The number of pyridine rings is 1. The van der Waals surface area contributed by atoms with E-state index in [0.29, 0.717) is 11.8 Å². The molecule has 3 rings (SSSR count). The van der Waals surface area contributed by atoms with Gasteiger partial charge in [0.25, 0.3) is 0 Å². The lowest BCUT2D eigenvalue weighted by Crippen LogP contribution is -1.93. The summed E-state index contributed by atoms with van der Waals surface area (Å²) in [7, 11) is 0. The Morgan fingerprint density at radius 1 is 1.10 bits per heavy atom. The van der Waals surface area contributed by atoms with Gasteiger partial charge in [0, 0.05) is 29.3 Å². The predicted octanol–water partition coefficient (Wildman–Crippen LogP) is 3.91. The van der Waals surface area contributed by atoms with Crippen molar-refractivity contribution in [2.24, 2.45) is 0 Å². The number of anilines is 2. The zero-order chi connectivity index (χ0) is 14.7. The van der Waals surface area contributed by atoms with Crippen molar-refractivity contribution in [3.63, 3.8) is 0 Å². The van der Waals surface area contributed by atoms with Gasteiger partial charge in [-0.3, -0.25) is 0 Å². The summed E-state index contributed by atoms with van der Waals surface area (Å²) in [6.07, 6.45) is 3.77. The molecule has 1 aromatic carbocycles. The van der Waals surface area contributed by atoms with Crippen LogP contribution in [0.5, 0.6) is 0 Å². The zero-order valence-corrected chi connectivity index (χ0v) is 12.5. The van der Waals surface area contributed by atoms with Gasteiger partial charge in [-0.15, -0.1) is 22.0 Å². The Morgan fingerprint density at radius 3 is 2.57 bits per heavy atom. The van der Waals surface area contributed by atoms with Gasteiger partial charge in [0.05, 0.1) is 0 Å². The van der Waals surface area contributed by atoms with E-state index in [1.165, 1.54) is 4.90 Å². The molecule has 0 atom stereocenters. The first-order chi connectivity index (χ1) is 10.2. The van der Waals surface area contributed by atoms with Gasteiger partial charge in [0.1, 0.15) is 5.82 Å². The molecule has 6 heteroatoms. The fourth-order valence-corrected chi connectivity index (χ4v) is 2.28. The molecular weight excluding hydrogens is 284 g/mol. The zero-order valence-electron chi connectivity index (χ0n) is 11.7. The summed E-state index contributed by atoms with van der Waals surface area (Å²) in [5.74, 6) is 1.78. The molecule has 3 aromatic rings. The molecule has 0 spiro atoms. The number of rotatable bonds is 4. The lowest BCUT2D eigenvalue weighted by Gasteiger charge is -2.06. The van der Waals surface area contributed by atoms with Gasteiger partial charge < -0.3 is 9.73 Å². The molecule has 0 radical (unpaired) electrons. The number of thioether (sulfide) groups is 1. The summed E-state index contributed by atoms with van der Waals surface area (Å²) in [5.41, 5.74) is 1.83. The van der Waals surface area contributed by atoms with E-state index in [9.17, 15) is 0 Å². The number of hydrogen-bond donors (Lipinski definition) is 1. The van der Waals surface area contributed by atoms with Crippen LogP contribution in [0.25, 0.3) is 11.5 Å². The van der Waals surface area contributed by atoms with E-state index in [-0.39, 0.29) is 0 Å². The highest BCUT2D eigenvalue weighted by atomic mass is 32.2. The Morgan fingerprint density at radius 2 is 1.90 bits per heavy atom. The SMILES string of the molecule is CSc1ccc(Nc2cc(-c3nnc(C)o3)ccn2)cc1. The second kappa shape index (κ2) is 5.97. The van der Waals surface area contributed by atoms with E-state index in [1.807, 2.05) is 24.3 Å². The van der Waals surface area contributed by atoms with Crippen LogP contribution in [-0.4, -0.2) is 21.4 Å². The van der Waals surface area contributed by atoms with Gasteiger partial charge in [-0.25, -0.2) is 4.98 Å². The number of nitrogens with one attached hydrogen (secondary N) is 1. The van der Waals surface area contributed by atoms with Gasteiger partial charge >= 0.3 is 0 Å². The Hall–Kier alpha value is -2.34. The van der Waals surface area contributed by atoms with E-state index in [0.717, 1.165) is 17.1 Å². The van der Waals surface area contributed by atoms with Crippen LogP contribution in [0.15, 0.2) is 51.9 Å². The summed E-state index contributed by atoms with van der Waals surface area (Å²) in [6, 6.07) is 11.9. The average molecular weight is 298 g/mol. The summed E-state index contributed by atoms with van der Waals surface area (Å²) in [4.78, 5) is 5.53. The summed E-state index contributed by atoms with van der Waals surface area (Å²) in [5, 5.41) is 11.1. The van der Waals surface area contributed by atoms with Gasteiger partial charge in [0.2, 0.25) is 11.8 Å². The highest BCUT2D eigenvalue weighted by molar-refractivity contribution is 7.98. The molecule has 0 fully saturated rings. The predicted molar refractivity (Wildman–Crippen MR) is 83.8 cm³/mol. The molecule has 2 aromatic heterocycles. The van der Waals surface area contributed by atoms with Crippen LogP contribution >= 0.6 is 11.8 Å². The molecule has 0 saturated carbocycles. The second-order valence-electron chi connectivity index (χ2n) is 4.41. The first kappa shape index (κ1) is 13.6. The molecule has 21 heavy (non-hydrogen) atoms. The van der Waals surface area contributed by atoms with Crippen molar-refractivity contribution in [3.8, 4) is 11.5 Å². The van der Waals surface area contributed by atoms with Crippen LogP contribution < -0.4 is 5.32 Å². The molecule has 0 aliphatic carbocycles. The first-order valence-electron chi connectivity index (χ1n) is 6.42. The van der Waals surface area contributed by atoms with Crippen molar-refractivity contribution in [2.75, 3.05) is 11.6 Å². The van der Waals surface area contributed by atoms with Crippen LogP contribution in [-0.2, 0) is 0 Å². The maximum absolute atomic E-state index is 5.42. The van der Waals surface area contributed by atoms with Crippen molar-refractivity contribution < 1.29 is 4.42 Å². The van der Waals surface area contributed by atoms with Crippen LogP contribution in [0.1, 0.15) is 5.89 Å². The van der Waals surface area contributed by atoms with Crippen molar-refractivity contribution in [2.45, 2.75) is 11.8 Å². The van der Waals surface area contributed by atoms with Crippen molar-refractivity contribution in [1.82, 2.24) is 15.2 Å². The average Bonchev–Trinajstić information content (AvgIpc) is 2.95. The van der Waals surface area contributed by atoms with Crippen molar-refractivity contribution in [3.05, 3.63) is 48.5 Å². The van der Waals surface area contributed by atoms with E-state index in [1.54, 1.807) is 24.9 Å². The quantitative estimate of drug-likeness (QED) is 0.737. The lowest BCUT2D eigenvalue weighted by atomic mass is 10.2. The van der Waals surface area contributed by atoms with Gasteiger partial charge in [-0.1, -0.05) is 0 Å². The van der Waals surface area contributed by atoms with E-state index in [4.69, 9.17) is 4.42 Å². The number of nitrogens with zero attached hydrogens (tertiary/aromatic N) is 3. The Labute approximate surface area is 126 Å². The number of hydrogen-bond acceptors (Lipinski definition) is 6. The fraction of sp³-hybridized carbons (Fsp3) is 0.133. The second-order valence-corrected chi connectivity index (χ2v) is 5.29. The van der Waals surface area contributed by atoms with Crippen LogP contribution in [0.4, 0.5) is 11.5 Å². The monoisotopic (exact) mass is 298 g/mol. The molecule has 0 amide bonds. The highest BCUT2D eigenvalue weighted by Gasteiger charge is 2.07. The van der Waals surface area contributed by atoms with Crippen LogP contribution in [0, 0.1) is 6.92 Å². The molecule has 0 bridgehead atoms. The molecule has 2 heterocycles. The largest absolute Gasteiger partial charge is 0.421 e. The van der Waals surface area contributed by atoms with Gasteiger partial charge in [-0.05, 0) is 42.7 Å². The molecule has 0 aliphatic heterocycles. The summed E-state index contributed by atoms with van der Waals surface area (Å²) < 4.78 is 5.42. The van der Waals surface area contributed by atoms with Crippen LogP contribution in [0.2, 0.25) is 0 Å². The minimum absolute atomic E-state index is 0.496. The molecule has 0 aliphatic rings. The van der Waals surface area contributed by atoms with Gasteiger partial charge in [-0.2, -0.15) is 0 Å². The first-order valence-corrected chi connectivity index (χ1v) is 7.65. The molecular formula is C15H14N4OS. The van der Waals surface area contributed by atoms with Crippen molar-refractivity contribution in [1.29, 1.82) is 0 Å². The standard InChI is InChI=1S/C15H14N4OS/c1-10-18-19-15(20-10)11-7-8-16-14(9-11)17-12-3-5-13(21-2)6-4-12/h3-9H,1-2H3,(H,16,17). The van der Waals surface area contributed by atoms with E-state index >= 15 is 0 Å². The number of aryl methyl sites for hydroxylation is 1. The highest BCUT2D eigenvalue weighted by Crippen LogP contribution is 2.23. The smallest absolute Gasteiger partial charge is 0.247 e. The molecule has 106 valence electrons. The minimum atomic E-state index is 0.496. The summed E-state index contributed by atoms with van der Waals surface area (Å²) >= 11 is 1.71. The topological polar surface area (TPSA) is 63.8 Å². The third-order valence-corrected chi connectivity index (χ3v) is 3.64. The van der Waals surface area contributed by atoms with Crippen molar-refractivity contribution >= 4 is 23.3 Å². The maximum Gasteiger partial charge on any atom is 0.247 e. The number of aromatic nitrogens is 3. The van der Waals surface area contributed by atoms with Crippen LogP contribution in [0.3, 0.4) is 0 Å². The molecule has 1 N–H and O–H groups in total. The molecule has 0 unspecified atom stereocenters. The van der Waals surface area contributed by atoms with Gasteiger partial charge in [0.15, 0.2) is 0 Å². The minimum Gasteiger partial charge on any atom is -0.421 e. The fourth-order valence-electron chi connectivity index (χ4n) is 1.87. The maximum atomic E-state index is 5.42. The third kappa shape index (κ3) is 3.22. The third-order valence-electron chi connectivity index (χ3n) is 2.90. The Kier molecular flexibility index (Phi) is 3.87. The Balaban J connectivity index is 1.82. The lowest BCUT2D eigenvalue weighted by molar-refractivity contribution is 0.532. The Bertz CT molecular complexity index is 739. The number of benzene rings is 1. The van der Waals surface area contributed by atoms with E-state index < -0.39 is 0 Å². The molecule has 5 nitrogen and oxygen atoms in total. The summed E-state index contributed by atoms with van der Waals surface area (Å²) in [6.45, 7) is 1.77.